The monoisotopic (exact) mass is 321 g/mol. The van der Waals surface area contributed by atoms with E-state index in [1.165, 1.54) is 10.7 Å². The van der Waals surface area contributed by atoms with Crippen molar-refractivity contribution in [3.63, 3.8) is 0 Å². The van der Waals surface area contributed by atoms with Gasteiger partial charge in [-0.15, -0.1) is 0 Å². The molecule has 1 N–H and O–H groups in total. The minimum Gasteiger partial charge on any atom is -0.320 e. The fourth-order valence-electron chi connectivity index (χ4n) is 1.63. The van der Waals surface area contributed by atoms with Gasteiger partial charge in [-0.25, -0.2) is 0 Å². The van der Waals surface area contributed by atoms with Crippen LogP contribution in [0.3, 0.4) is 0 Å². The number of carbonyl (C=O) groups is 2. The summed E-state index contributed by atoms with van der Waals surface area (Å²) in [4.78, 5) is 22.8. The molecule has 0 spiro atoms. The number of aldehydes is 1. The van der Waals surface area contributed by atoms with E-state index >= 15 is 0 Å². The Kier molecular flexibility index (Phi) is 3.80. The Morgan fingerprint density at radius 2 is 2.21 bits per heavy atom. The van der Waals surface area contributed by atoms with E-state index in [0.717, 1.165) is 10.0 Å². The van der Waals surface area contributed by atoms with E-state index in [0.29, 0.717) is 17.7 Å². The van der Waals surface area contributed by atoms with Crippen molar-refractivity contribution in [2.45, 2.75) is 6.92 Å². The Bertz CT molecular complexity index is 649. The highest BCUT2D eigenvalue weighted by Gasteiger charge is 2.13. The highest BCUT2D eigenvalue weighted by molar-refractivity contribution is 9.10. The molecule has 0 aliphatic carbocycles. The first-order valence-corrected chi connectivity index (χ1v) is 6.38. The van der Waals surface area contributed by atoms with Crippen molar-refractivity contribution < 1.29 is 9.59 Å². The molecule has 1 aromatic carbocycles. The van der Waals surface area contributed by atoms with E-state index in [9.17, 15) is 9.59 Å². The van der Waals surface area contributed by atoms with Gasteiger partial charge in [0.25, 0.3) is 5.91 Å². The minimum atomic E-state index is -0.343. The summed E-state index contributed by atoms with van der Waals surface area (Å²) in [6.07, 6.45) is 0.661. The molecular formula is C13H12BrN3O2. The fourth-order valence-corrected chi connectivity index (χ4v) is 2.00. The highest BCUT2D eigenvalue weighted by atomic mass is 79.9. The molecule has 6 heteroatoms. The first-order valence-electron chi connectivity index (χ1n) is 5.58. The minimum absolute atomic E-state index is 0.212. The van der Waals surface area contributed by atoms with Gasteiger partial charge in [-0.3, -0.25) is 14.3 Å². The van der Waals surface area contributed by atoms with E-state index < -0.39 is 0 Å². The Morgan fingerprint density at radius 3 is 2.84 bits per heavy atom. The summed E-state index contributed by atoms with van der Waals surface area (Å²) in [5.41, 5.74) is 2.21. The molecular weight excluding hydrogens is 310 g/mol. The predicted octanol–water partition coefficient (Wildman–Crippen LogP) is 2.56. The summed E-state index contributed by atoms with van der Waals surface area (Å²) in [5, 5.41) is 6.76. The van der Waals surface area contributed by atoms with Crippen molar-refractivity contribution in [3.8, 4) is 0 Å². The number of hydrogen-bond acceptors (Lipinski definition) is 3. The van der Waals surface area contributed by atoms with Crippen molar-refractivity contribution >= 4 is 33.8 Å². The summed E-state index contributed by atoms with van der Waals surface area (Å²) < 4.78 is 2.29. The second-order valence-corrected chi connectivity index (χ2v) is 4.92. The Balaban J connectivity index is 2.25. The molecule has 0 aliphatic heterocycles. The molecule has 0 unspecified atom stereocenters. The Hall–Kier alpha value is -1.95. The zero-order chi connectivity index (χ0) is 14.0. The second kappa shape index (κ2) is 5.36. The van der Waals surface area contributed by atoms with Crippen LogP contribution in [0.25, 0.3) is 0 Å². The first-order chi connectivity index (χ1) is 9.02. The van der Waals surface area contributed by atoms with Crippen LogP contribution < -0.4 is 5.32 Å². The van der Waals surface area contributed by atoms with Gasteiger partial charge >= 0.3 is 0 Å². The fraction of sp³-hybridized carbons (Fsp3) is 0.154. The maximum Gasteiger partial charge on any atom is 0.276 e. The number of rotatable bonds is 3. The van der Waals surface area contributed by atoms with Gasteiger partial charge in [-0.2, -0.15) is 5.10 Å². The van der Waals surface area contributed by atoms with Crippen LogP contribution in [0.1, 0.15) is 26.5 Å². The van der Waals surface area contributed by atoms with E-state index in [-0.39, 0.29) is 11.6 Å². The van der Waals surface area contributed by atoms with Gasteiger partial charge in [-0.1, -0.05) is 22.0 Å². The number of aryl methyl sites for hydroxylation is 1. The SMILES string of the molecule is Cc1c(Br)cccc1NC(=O)c1cc(C=O)n(C)n1. The lowest BCUT2D eigenvalue weighted by Crippen LogP contribution is -2.13. The molecule has 5 nitrogen and oxygen atoms in total. The van der Waals surface area contributed by atoms with E-state index in [4.69, 9.17) is 0 Å². The molecule has 0 atom stereocenters. The second-order valence-electron chi connectivity index (χ2n) is 4.06. The van der Waals surface area contributed by atoms with Crippen LogP contribution in [-0.2, 0) is 7.05 Å². The van der Waals surface area contributed by atoms with Crippen LogP contribution in [0, 0.1) is 6.92 Å². The molecule has 0 bridgehead atoms. The average Bonchev–Trinajstić information content (AvgIpc) is 2.76. The van der Waals surface area contributed by atoms with Crippen LogP contribution >= 0.6 is 15.9 Å². The lowest BCUT2D eigenvalue weighted by atomic mass is 10.2. The zero-order valence-corrected chi connectivity index (χ0v) is 12.1. The summed E-state index contributed by atoms with van der Waals surface area (Å²) in [6, 6.07) is 7.00. The molecule has 0 fully saturated rings. The topological polar surface area (TPSA) is 64.0 Å². The molecule has 0 aliphatic rings. The van der Waals surface area contributed by atoms with Crippen LogP contribution in [0.15, 0.2) is 28.7 Å². The molecule has 0 saturated heterocycles. The van der Waals surface area contributed by atoms with Crippen LogP contribution in [0.2, 0.25) is 0 Å². The maximum absolute atomic E-state index is 12.0. The van der Waals surface area contributed by atoms with Crippen LogP contribution in [0.4, 0.5) is 5.69 Å². The van der Waals surface area contributed by atoms with E-state index in [1.807, 2.05) is 25.1 Å². The van der Waals surface area contributed by atoms with Gasteiger partial charge in [0, 0.05) is 17.2 Å². The maximum atomic E-state index is 12.0. The number of nitrogens with one attached hydrogen (secondary N) is 1. The number of halogens is 1. The molecule has 2 rings (SSSR count). The van der Waals surface area contributed by atoms with Gasteiger partial charge in [0.15, 0.2) is 12.0 Å². The van der Waals surface area contributed by atoms with Crippen molar-refractivity contribution in [2.24, 2.45) is 7.05 Å². The Morgan fingerprint density at radius 1 is 1.47 bits per heavy atom. The predicted molar refractivity (Wildman–Crippen MR) is 75.4 cm³/mol. The van der Waals surface area contributed by atoms with Gasteiger partial charge < -0.3 is 5.32 Å². The average molecular weight is 322 g/mol. The van der Waals surface area contributed by atoms with Crippen molar-refractivity contribution in [1.29, 1.82) is 0 Å². The summed E-state index contributed by atoms with van der Waals surface area (Å²) in [7, 11) is 1.62. The molecule has 19 heavy (non-hydrogen) atoms. The van der Waals surface area contributed by atoms with Crippen molar-refractivity contribution in [3.05, 3.63) is 45.7 Å². The van der Waals surface area contributed by atoms with Crippen LogP contribution in [0.5, 0.6) is 0 Å². The van der Waals surface area contributed by atoms with Gasteiger partial charge in [-0.05, 0) is 30.7 Å². The molecule has 1 heterocycles. The normalized spacial score (nSPS) is 10.3. The smallest absolute Gasteiger partial charge is 0.276 e. The molecule has 2 aromatic rings. The summed E-state index contributed by atoms with van der Waals surface area (Å²) >= 11 is 3.40. The number of anilines is 1. The number of nitrogens with zero attached hydrogens (tertiary/aromatic N) is 2. The third-order valence-electron chi connectivity index (χ3n) is 2.79. The standard InChI is InChI=1S/C13H12BrN3O2/c1-8-10(14)4-3-5-11(8)15-13(19)12-6-9(7-18)17(2)16-12/h3-7H,1-2H3,(H,15,19). The quantitative estimate of drug-likeness (QED) is 0.883. The van der Waals surface area contributed by atoms with Gasteiger partial charge in [0.05, 0.1) is 0 Å². The number of benzene rings is 1. The number of aromatic nitrogens is 2. The van der Waals surface area contributed by atoms with Crippen LogP contribution in [-0.4, -0.2) is 22.0 Å². The lowest BCUT2D eigenvalue weighted by Gasteiger charge is -2.08. The number of carbonyl (C=O) groups excluding carboxylic acids is 2. The van der Waals surface area contributed by atoms with Gasteiger partial charge in [0.2, 0.25) is 0 Å². The number of hydrogen-bond donors (Lipinski definition) is 1. The summed E-state index contributed by atoms with van der Waals surface area (Å²) in [5.74, 6) is -0.343. The summed E-state index contributed by atoms with van der Waals surface area (Å²) in [6.45, 7) is 1.90. The third-order valence-corrected chi connectivity index (χ3v) is 3.64. The molecule has 0 radical (unpaired) electrons. The van der Waals surface area contributed by atoms with Gasteiger partial charge in [0.1, 0.15) is 5.69 Å². The molecule has 1 amide bonds. The van der Waals surface area contributed by atoms with E-state index in [1.54, 1.807) is 7.05 Å². The van der Waals surface area contributed by atoms with Crippen molar-refractivity contribution in [1.82, 2.24) is 9.78 Å². The Labute approximate surface area is 118 Å². The lowest BCUT2D eigenvalue weighted by molar-refractivity contribution is 0.102. The zero-order valence-electron chi connectivity index (χ0n) is 10.5. The molecule has 1 aromatic heterocycles. The number of amides is 1. The molecule has 0 saturated carbocycles. The largest absolute Gasteiger partial charge is 0.320 e. The van der Waals surface area contributed by atoms with Crippen molar-refractivity contribution in [2.75, 3.05) is 5.32 Å². The highest BCUT2D eigenvalue weighted by Crippen LogP contribution is 2.23. The first kappa shape index (κ1) is 13.5. The van der Waals surface area contributed by atoms with E-state index in [2.05, 4.69) is 26.3 Å². The third kappa shape index (κ3) is 2.73. The molecule has 98 valence electrons.